The van der Waals surface area contributed by atoms with Crippen molar-refractivity contribution in [2.24, 2.45) is 10.9 Å². The van der Waals surface area contributed by atoms with E-state index in [2.05, 4.69) is 28.9 Å². The van der Waals surface area contributed by atoms with E-state index in [1.165, 1.54) is 0 Å². The maximum Gasteiger partial charge on any atom is 0.172 e. The second kappa shape index (κ2) is 6.73. The highest BCUT2D eigenvalue weighted by atomic mass is 16.4. The molecule has 0 saturated carbocycles. The van der Waals surface area contributed by atoms with Crippen LogP contribution >= 0.6 is 0 Å². The second-order valence-electron chi connectivity index (χ2n) is 3.81. The Kier molecular flexibility index (Phi) is 5.26. The maximum absolute atomic E-state index is 8.77. The first-order valence-corrected chi connectivity index (χ1v) is 5.91. The predicted octanol–water partition coefficient (Wildman–Crippen LogP) is 1.80. The van der Waals surface area contributed by atoms with Crippen LogP contribution in [0, 0.1) is 0 Å². The van der Waals surface area contributed by atoms with Gasteiger partial charge in [0.1, 0.15) is 0 Å². The maximum atomic E-state index is 8.77. The summed E-state index contributed by atoms with van der Waals surface area (Å²) in [5.74, 6) is 0.123. The van der Waals surface area contributed by atoms with Gasteiger partial charge in [-0.05, 0) is 19.4 Å². The largest absolute Gasteiger partial charge is 0.409 e. The van der Waals surface area contributed by atoms with Gasteiger partial charge in [-0.3, -0.25) is 4.98 Å². The van der Waals surface area contributed by atoms with Gasteiger partial charge in [-0.25, -0.2) is 0 Å². The molecular formula is C12H20N4O. The van der Waals surface area contributed by atoms with Crippen molar-refractivity contribution in [2.75, 3.05) is 18.0 Å². The number of unbranched alkanes of at least 4 members (excludes halogenated alkanes) is 1. The molecule has 1 aromatic rings. The molecule has 0 radical (unpaired) electrons. The summed E-state index contributed by atoms with van der Waals surface area (Å²) >= 11 is 0. The predicted molar refractivity (Wildman–Crippen MR) is 69.5 cm³/mol. The second-order valence-corrected chi connectivity index (χ2v) is 3.81. The van der Waals surface area contributed by atoms with E-state index in [1.807, 2.05) is 0 Å². The molecule has 0 saturated heterocycles. The normalized spacial score (nSPS) is 11.5. The minimum absolute atomic E-state index is 0.123. The fraction of sp³-hybridized carbons (Fsp3) is 0.500. The van der Waals surface area contributed by atoms with Crippen LogP contribution in [0.3, 0.4) is 0 Å². The van der Waals surface area contributed by atoms with Crippen molar-refractivity contribution in [3.63, 3.8) is 0 Å². The Bertz CT molecular complexity index is 379. The van der Waals surface area contributed by atoms with Crippen LogP contribution in [0.25, 0.3) is 0 Å². The summed E-state index contributed by atoms with van der Waals surface area (Å²) < 4.78 is 0. The number of aromatic nitrogens is 1. The molecule has 0 aromatic carbocycles. The fourth-order valence-corrected chi connectivity index (χ4v) is 1.71. The number of anilines is 1. The lowest BCUT2D eigenvalue weighted by Gasteiger charge is -2.24. The molecule has 1 aromatic heterocycles. The average Bonchev–Trinajstić information content (AvgIpc) is 2.39. The van der Waals surface area contributed by atoms with Crippen molar-refractivity contribution in [1.82, 2.24) is 4.98 Å². The Hall–Kier alpha value is -1.78. The quantitative estimate of drug-likeness (QED) is 0.342. The monoisotopic (exact) mass is 236 g/mol. The number of pyridine rings is 1. The van der Waals surface area contributed by atoms with Crippen LogP contribution in [0.15, 0.2) is 23.6 Å². The molecule has 1 heterocycles. The topological polar surface area (TPSA) is 74.7 Å². The summed E-state index contributed by atoms with van der Waals surface area (Å²) in [5.41, 5.74) is 7.30. The van der Waals surface area contributed by atoms with Gasteiger partial charge in [0, 0.05) is 24.8 Å². The van der Waals surface area contributed by atoms with Crippen molar-refractivity contribution >= 4 is 11.5 Å². The van der Waals surface area contributed by atoms with Gasteiger partial charge in [0.05, 0.1) is 11.9 Å². The van der Waals surface area contributed by atoms with Crippen LogP contribution in [-0.2, 0) is 0 Å². The first kappa shape index (κ1) is 13.3. The lowest BCUT2D eigenvalue weighted by atomic mass is 10.2. The number of amidine groups is 1. The smallest absolute Gasteiger partial charge is 0.172 e. The molecule has 0 amide bonds. The molecule has 17 heavy (non-hydrogen) atoms. The van der Waals surface area contributed by atoms with E-state index in [0.717, 1.165) is 37.2 Å². The number of hydrogen-bond donors (Lipinski definition) is 2. The van der Waals surface area contributed by atoms with Gasteiger partial charge < -0.3 is 15.8 Å². The van der Waals surface area contributed by atoms with E-state index < -0.39 is 0 Å². The lowest BCUT2D eigenvalue weighted by Crippen LogP contribution is -2.27. The molecule has 5 heteroatoms. The Balaban J connectivity index is 3.01. The molecule has 0 aliphatic rings. The zero-order valence-electron chi connectivity index (χ0n) is 10.4. The Morgan fingerprint density at radius 2 is 2.29 bits per heavy atom. The summed E-state index contributed by atoms with van der Waals surface area (Å²) in [7, 11) is 0. The van der Waals surface area contributed by atoms with E-state index in [9.17, 15) is 0 Å². The van der Waals surface area contributed by atoms with Gasteiger partial charge in [-0.15, -0.1) is 0 Å². The highest BCUT2D eigenvalue weighted by Gasteiger charge is 2.12. The van der Waals surface area contributed by atoms with Crippen LogP contribution in [0.1, 0.15) is 32.3 Å². The van der Waals surface area contributed by atoms with Crippen LogP contribution < -0.4 is 10.6 Å². The van der Waals surface area contributed by atoms with Gasteiger partial charge in [0.15, 0.2) is 5.84 Å². The van der Waals surface area contributed by atoms with Gasteiger partial charge in [-0.2, -0.15) is 0 Å². The molecule has 0 fully saturated rings. The lowest BCUT2D eigenvalue weighted by molar-refractivity contribution is 0.318. The zero-order valence-corrected chi connectivity index (χ0v) is 10.4. The van der Waals surface area contributed by atoms with Crippen LogP contribution in [-0.4, -0.2) is 29.1 Å². The standard InChI is InChI=1S/C12H20N4O/c1-3-5-8-16(4-2)11-9-14-7-6-10(11)12(13)15-17/h6-7,9,17H,3-5,8H2,1-2H3,(H2,13,15). The first-order chi connectivity index (χ1) is 8.24. The molecule has 0 spiro atoms. The number of nitrogens with zero attached hydrogens (tertiary/aromatic N) is 3. The Morgan fingerprint density at radius 3 is 2.88 bits per heavy atom. The van der Waals surface area contributed by atoms with Crippen molar-refractivity contribution in [3.8, 4) is 0 Å². The molecule has 0 bridgehead atoms. The third-order valence-corrected chi connectivity index (χ3v) is 2.69. The number of oxime groups is 1. The summed E-state index contributed by atoms with van der Waals surface area (Å²) in [4.78, 5) is 6.29. The van der Waals surface area contributed by atoms with Crippen molar-refractivity contribution < 1.29 is 5.21 Å². The number of nitrogens with two attached hydrogens (primary N) is 1. The van der Waals surface area contributed by atoms with Gasteiger partial charge in [0.25, 0.3) is 0 Å². The molecule has 0 atom stereocenters. The third-order valence-electron chi connectivity index (χ3n) is 2.69. The SMILES string of the molecule is CCCCN(CC)c1cnccc1/C(N)=N/O. The van der Waals surface area contributed by atoms with E-state index in [4.69, 9.17) is 10.9 Å². The van der Waals surface area contributed by atoms with Crippen LogP contribution in [0.2, 0.25) is 0 Å². The molecule has 1 rings (SSSR count). The number of rotatable bonds is 6. The molecule has 5 nitrogen and oxygen atoms in total. The number of hydrogen-bond acceptors (Lipinski definition) is 4. The van der Waals surface area contributed by atoms with Crippen molar-refractivity contribution in [1.29, 1.82) is 0 Å². The van der Waals surface area contributed by atoms with Crippen LogP contribution in [0.4, 0.5) is 5.69 Å². The highest BCUT2D eigenvalue weighted by molar-refractivity contribution is 6.01. The molecule has 3 N–H and O–H groups in total. The summed E-state index contributed by atoms with van der Waals surface area (Å²) in [5, 5.41) is 11.8. The minimum Gasteiger partial charge on any atom is -0.409 e. The van der Waals surface area contributed by atoms with Gasteiger partial charge in [0.2, 0.25) is 0 Å². The first-order valence-electron chi connectivity index (χ1n) is 5.91. The van der Waals surface area contributed by atoms with E-state index in [0.29, 0.717) is 0 Å². The zero-order chi connectivity index (χ0) is 12.7. The van der Waals surface area contributed by atoms with Gasteiger partial charge >= 0.3 is 0 Å². The minimum atomic E-state index is 0.123. The molecular weight excluding hydrogens is 216 g/mol. The Labute approximate surface area is 102 Å². The third kappa shape index (κ3) is 3.34. The summed E-state index contributed by atoms with van der Waals surface area (Å²) in [6.07, 6.45) is 5.64. The van der Waals surface area contributed by atoms with Crippen molar-refractivity contribution in [3.05, 3.63) is 24.0 Å². The highest BCUT2D eigenvalue weighted by Crippen LogP contribution is 2.19. The average molecular weight is 236 g/mol. The van der Waals surface area contributed by atoms with Crippen molar-refractivity contribution in [2.45, 2.75) is 26.7 Å². The van der Waals surface area contributed by atoms with E-state index in [-0.39, 0.29) is 5.84 Å². The molecule has 94 valence electrons. The van der Waals surface area contributed by atoms with Crippen LogP contribution in [0.5, 0.6) is 0 Å². The molecule has 0 unspecified atom stereocenters. The van der Waals surface area contributed by atoms with E-state index >= 15 is 0 Å². The molecule has 0 aliphatic heterocycles. The molecule has 0 aliphatic carbocycles. The summed E-state index contributed by atoms with van der Waals surface area (Å²) in [6, 6.07) is 1.76. The van der Waals surface area contributed by atoms with Gasteiger partial charge in [-0.1, -0.05) is 18.5 Å². The fourth-order valence-electron chi connectivity index (χ4n) is 1.71. The Morgan fingerprint density at radius 1 is 1.53 bits per heavy atom. The van der Waals surface area contributed by atoms with E-state index in [1.54, 1.807) is 18.5 Å². The summed E-state index contributed by atoms with van der Waals surface area (Å²) in [6.45, 7) is 6.06.